The molecule has 0 spiro atoms. The lowest BCUT2D eigenvalue weighted by Crippen LogP contribution is -2.55. The molecule has 182 valence electrons. The molecule has 3 aromatic rings. The summed E-state index contributed by atoms with van der Waals surface area (Å²) in [6.45, 7) is 9.18. The van der Waals surface area contributed by atoms with Gasteiger partial charge in [0, 0.05) is 32.2 Å². The van der Waals surface area contributed by atoms with Gasteiger partial charge in [0.05, 0.1) is 6.42 Å². The number of aliphatic carboxylic acids is 1. The number of fused-ring (bicyclic) bond motifs is 1. The van der Waals surface area contributed by atoms with E-state index in [4.69, 9.17) is 5.11 Å². The summed E-state index contributed by atoms with van der Waals surface area (Å²) in [5.74, 6) is -0.550. The molecule has 0 unspecified atom stereocenters. The monoisotopic (exact) mass is 492 g/mol. The van der Waals surface area contributed by atoms with Crippen molar-refractivity contribution in [1.82, 2.24) is 14.9 Å². The fourth-order valence-corrected chi connectivity index (χ4v) is 5.50. The summed E-state index contributed by atoms with van der Waals surface area (Å²) in [6.07, 6.45) is -4.48. The third-order valence-corrected chi connectivity index (χ3v) is 7.01. The highest BCUT2D eigenvalue weighted by molar-refractivity contribution is 7.21. The van der Waals surface area contributed by atoms with Gasteiger partial charge in [-0.15, -0.1) is 0 Å². The van der Waals surface area contributed by atoms with Gasteiger partial charge in [-0.2, -0.15) is 13.2 Å². The predicted octanol–water partition coefficient (Wildman–Crippen LogP) is 4.99. The van der Waals surface area contributed by atoms with Gasteiger partial charge in [0.15, 0.2) is 5.13 Å². The summed E-state index contributed by atoms with van der Waals surface area (Å²) in [5, 5.41) is 9.82. The summed E-state index contributed by atoms with van der Waals surface area (Å²) in [7, 11) is 0. The maximum atomic E-state index is 13.1. The van der Waals surface area contributed by atoms with Crippen molar-refractivity contribution in [2.45, 2.75) is 46.0 Å². The number of hydrogen-bond donors (Lipinski definition) is 1. The van der Waals surface area contributed by atoms with Crippen LogP contribution in [0, 0.1) is 12.8 Å². The Balaban J connectivity index is 1.53. The number of carbonyl (C=O) groups is 1. The van der Waals surface area contributed by atoms with E-state index < -0.39 is 17.8 Å². The molecular formula is C24H27F3N4O2S. The molecule has 6 nitrogen and oxygen atoms in total. The Kier molecular flexibility index (Phi) is 6.82. The minimum atomic E-state index is -4.48. The van der Waals surface area contributed by atoms with E-state index in [1.165, 1.54) is 17.4 Å². The number of hydrogen-bond acceptors (Lipinski definition) is 6. The zero-order chi connectivity index (χ0) is 24.6. The molecule has 0 amide bonds. The fraction of sp³-hybridized carbons (Fsp3) is 0.458. The van der Waals surface area contributed by atoms with Crippen LogP contribution in [-0.4, -0.2) is 51.6 Å². The Labute approximate surface area is 200 Å². The van der Waals surface area contributed by atoms with Crippen LogP contribution in [0.5, 0.6) is 0 Å². The highest BCUT2D eigenvalue weighted by Crippen LogP contribution is 2.35. The van der Waals surface area contributed by atoms with Gasteiger partial charge in [0.25, 0.3) is 0 Å². The number of halogens is 3. The maximum absolute atomic E-state index is 13.1. The van der Waals surface area contributed by atoms with Crippen molar-refractivity contribution < 1.29 is 23.1 Å². The first-order valence-electron chi connectivity index (χ1n) is 11.1. The molecule has 1 N–H and O–H groups in total. The normalized spacial score (nSPS) is 17.6. The molecule has 0 saturated carbocycles. The van der Waals surface area contributed by atoms with Crippen LogP contribution in [0.1, 0.15) is 36.2 Å². The molecule has 2 aromatic heterocycles. The van der Waals surface area contributed by atoms with Crippen LogP contribution in [0.2, 0.25) is 0 Å². The Hall–Kier alpha value is -2.72. The molecule has 0 aliphatic carbocycles. The smallest absolute Gasteiger partial charge is 0.433 e. The van der Waals surface area contributed by atoms with E-state index in [1.54, 1.807) is 0 Å². The van der Waals surface area contributed by atoms with E-state index >= 15 is 0 Å². The van der Waals surface area contributed by atoms with E-state index in [9.17, 15) is 18.0 Å². The molecule has 4 rings (SSSR count). The van der Waals surface area contributed by atoms with E-state index in [0.29, 0.717) is 34.5 Å². The van der Waals surface area contributed by atoms with Crippen molar-refractivity contribution in [3.05, 3.63) is 52.7 Å². The van der Waals surface area contributed by atoms with E-state index in [2.05, 4.69) is 39.7 Å². The number of anilines is 1. The summed E-state index contributed by atoms with van der Waals surface area (Å²) < 4.78 is 39.2. The number of piperazine rings is 1. The Morgan fingerprint density at radius 2 is 1.91 bits per heavy atom. The zero-order valence-electron chi connectivity index (χ0n) is 19.3. The molecule has 0 bridgehead atoms. The van der Waals surface area contributed by atoms with Crippen molar-refractivity contribution in [3.63, 3.8) is 0 Å². The number of benzene rings is 1. The van der Waals surface area contributed by atoms with Crippen LogP contribution in [0.15, 0.2) is 30.3 Å². The summed E-state index contributed by atoms with van der Waals surface area (Å²) in [4.78, 5) is 24.3. The molecule has 1 fully saturated rings. The van der Waals surface area contributed by atoms with E-state index in [0.717, 1.165) is 35.8 Å². The largest absolute Gasteiger partial charge is 0.481 e. The topological polar surface area (TPSA) is 69.6 Å². The maximum Gasteiger partial charge on any atom is 0.433 e. The van der Waals surface area contributed by atoms with Crippen molar-refractivity contribution in [1.29, 1.82) is 0 Å². The van der Waals surface area contributed by atoms with E-state index in [1.807, 2.05) is 19.1 Å². The second kappa shape index (κ2) is 9.50. The Morgan fingerprint density at radius 1 is 1.18 bits per heavy atom. The number of aryl methyl sites for hydroxylation is 1. The van der Waals surface area contributed by atoms with Gasteiger partial charge >= 0.3 is 12.1 Å². The van der Waals surface area contributed by atoms with Gasteiger partial charge in [-0.3, -0.25) is 9.69 Å². The lowest BCUT2D eigenvalue weighted by Gasteiger charge is -2.43. The van der Waals surface area contributed by atoms with Crippen molar-refractivity contribution in [2.24, 2.45) is 5.92 Å². The van der Waals surface area contributed by atoms with Crippen molar-refractivity contribution in [2.75, 3.05) is 24.5 Å². The van der Waals surface area contributed by atoms with E-state index in [-0.39, 0.29) is 12.5 Å². The molecular weight excluding hydrogens is 465 g/mol. The third kappa shape index (κ3) is 5.50. The number of thiazole rings is 1. The molecule has 0 radical (unpaired) electrons. The van der Waals surface area contributed by atoms with Crippen LogP contribution in [0.3, 0.4) is 0 Å². The zero-order valence-corrected chi connectivity index (χ0v) is 20.1. The average Bonchev–Trinajstić information content (AvgIpc) is 3.15. The Bertz CT molecular complexity index is 1190. The Morgan fingerprint density at radius 3 is 2.59 bits per heavy atom. The number of aromatic nitrogens is 2. The van der Waals surface area contributed by atoms with Gasteiger partial charge in [-0.1, -0.05) is 48.9 Å². The molecule has 1 atom stereocenters. The highest BCUT2D eigenvalue weighted by atomic mass is 32.1. The number of carboxylic acids is 1. The average molecular weight is 493 g/mol. The van der Waals surface area contributed by atoms with Gasteiger partial charge < -0.3 is 10.0 Å². The lowest BCUT2D eigenvalue weighted by molar-refractivity contribution is -0.141. The minimum absolute atomic E-state index is 0.00122. The number of rotatable bonds is 6. The number of carboxylic acid groups (broad SMARTS) is 1. The van der Waals surface area contributed by atoms with Gasteiger partial charge in [0.2, 0.25) is 0 Å². The standard InChI is InChI=1S/C24H27F3N4O2S/c1-14(2)19-13-30(12-17-9-15(3)8-16(10-17)11-21(32)33)6-7-31(19)23-28-18-4-5-20(24(25,26)27)29-22(18)34-23/h4-5,8-10,14,19H,6-7,11-13H2,1-3H3,(H,32,33)/t19-/m1/s1. The van der Waals surface area contributed by atoms with Gasteiger partial charge in [-0.25, -0.2) is 9.97 Å². The first-order valence-corrected chi connectivity index (χ1v) is 12.0. The van der Waals surface area contributed by atoms with Crippen LogP contribution < -0.4 is 4.90 Å². The van der Waals surface area contributed by atoms with Gasteiger partial charge in [0.1, 0.15) is 16.0 Å². The summed E-state index contributed by atoms with van der Waals surface area (Å²) >= 11 is 1.20. The van der Waals surface area contributed by atoms with Crippen molar-refractivity contribution >= 4 is 32.8 Å². The number of nitrogens with zero attached hydrogens (tertiary/aromatic N) is 4. The van der Waals surface area contributed by atoms with Gasteiger partial charge in [-0.05, 0) is 36.1 Å². The summed E-state index contributed by atoms with van der Waals surface area (Å²) in [6, 6.07) is 8.44. The first kappa shape index (κ1) is 24.4. The fourth-order valence-electron chi connectivity index (χ4n) is 4.48. The van der Waals surface area contributed by atoms with Crippen molar-refractivity contribution in [3.8, 4) is 0 Å². The molecule has 10 heteroatoms. The number of alkyl halides is 3. The second-order valence-electron chi connectivity index (χ2n) is 9.15. The quantitative estimate of drug-likeness (QED) is 0.523. The second-order valence-corrected chi connectivity index (χ2v) is 10.1. The SMILES string of the molecule is Cc1cc(CC(=O)O)cc(CN2CCN(c3nc4ccc(C(F)(F)F)nc4s3)[C@@H](C(C)C)C2)c1. The first-order chi connectivity index (χ1) is 16.0. The highest BCUT2D eigenvalue weighted by Gasteiger charge is 2.34. The third-order valence-electron chi connectivity index (χ3n) is 6.01. The molecule has 1 aromatic carbocycles. The minimum Gasteiger partial charge on any atom is -0.481 e. The van der Waals surface area contributed by atoms with Crippen LogP contribution in [0.4, 0.5) is 18.3 Å². The number of pyridine rings is 1. The molecule has 1 aliphatic heterocycles. The predicted molar refractivity (Wildman–Crippen MR) is 126 cm³/mol. The molecule has 1 saturated heterocycles. The summed E-state index contributed by atoms with van der Waals surface area (Å²) in [5.41, 5.74) is 2.48. The van der Waals surface area contributed by atoms with Crippen LogP contribution >= 0.6 is 11.3 Å². The lowest BCUT2D eigenvalue weighted by atomic mass is 9.99. The molecule has 3 heterocycles. The molecule has 1 aliphatic rings. The molecule has 34 heavy (non-hydrogen) atoms. The van der Waals surface area contributed by atoms with Crippen LogP contribution in [-0.2, 0) is 23.9 Å². The van der Waals surface area contributed by atoms with Crippen LogP contribution in [0.25, 0.3) is 10.3 Å².